The first-order chi connectivity index (χ1) is 9.66. The van der Waals surface area contributed by atoms with E-state index in [1.807, 2.05) is 25.2 Å². The second kappa shape index (κ2) is 7.34. The van der Waals surface area contributed by atoms with Gasteiger partial charge in [0, 0.05) is 24.5 Å². The van der Waals surface area contributed by atoms with Crippen LogP contribution in [-0.2, 0) is 4.79 Å². The fraction of sp³-hybridized carbons (Fsp3) is 0.438. The molecule has 0 saturated heterocycles. The fourth-order valence-electron chi connectivity index (χ4n) is 2.29. The van der Waals surface area contributed by atoms with Crippen LogP contribution >= 0.6 is 11.6 Å². The van der Waals surface area contributed by atoms with Gasteiger partial charge in [-0.2, -0.15) is 0 Å². The molecule has 1 aliphatic rings. The molecule has 0 atom stereocenters. The average molecular weight is 294 g/mol. The molecule has 0 saturated carbocycles. The summed E-state index contributed by atoms with van der Waals surface area (Å²) in [6, 6.07) is 7.35. The highest BCUT2D eigenvalue weighted by molar-refractivity contribution is 6.30. The van der Waals surface area contributed by atoms with E-state index < -0.39 is 0 Å². The summed E-state index contributed by atoms with van der Waals surface area (Å²) < 4.78 is 5.61. The van der Waals surface area contributed by atoms with Crippen LogP contribution in [0.3, 0.4) is 0 Å². The van der Waals surface area contributed by atoms with E-state index in [1.54, 1.807) is 11.0 Å². The summed E-state index contributed by atoms with van der Waals surface area (Å²) in [6.45, 7) is 1.30. The molecule has 108 valence electrons. The molecule has 1 amide bonds. The Kier molecular flexibility index (Phi) is 5.48. The molecule has 1 aliphatic carbocycles. The first-order valence-corrected chi connectivity index (χ1v) is 7.33. The molecule has 0 bridgehead atoms. The van der Waals surface area contributed by atoms with Crippen LogP contribution in [0.1, 0.15) is 19.3 Å². The largest absolute Gasteiger partial charge is 0.493 e. The number of carbonyl (C=O) groups is 1. The Balaban J connectivity index is 1.66. The topological polar surface area (TPSA) is 29.5 Å². The Bertz CT molecular complexity index is 479. The molecule has 0 heterocycles. The predicted octanol–water partition coefficient (Wildman–Crippen LogP) is 3.53. The second-order valence-electron chi connectivity index (χ2n) is 5.06. The van der Waals surface area contributed by atoms with Crippen molar-refractivity contribution >= 4 is 17.5 Å². The van der Waals surface area contributed by atoms with E-state index >= 15 is 0 Å². The van der Waals surface area contributed by atoms with E-state index in [-0.39, 0.29) is 11.8 Å². The zero-order valence-electron chi connectivity index (χ0n) is 11.7. The summed E-state index contributed by atoms with van der Waals surface area (Å²) in [5.74, 6) is 1.15. The zero-order valence-corrected chi connectivity index (χ0v) is 12.5. The van der Waals surface area contributed by atoms with Crippen molar-refractivity contribution in [3.05, 3.63) is 41.4 Å². The average Bonchev–Trinajstić information content (AvgIpc) is 2.96. The molecular formula is C16H20ClNO2. The maximum Gasteiger partial charge on any atom is 0.226 e. The summed E-state index contributed by atoms with van der Waals surface area (Å²) in [7, 11) is 1.86. The van der Waals surface area contributed by atoms with Crippen LogP contribution in [-0.4, -0.2) is 31.0 Å². The van der Waals surface area contributed by atoms with Crippen LogP contribution in [0.15, 0.2) is 36.4 Å². The first kappa shape index (κ1) is 14.9. The van der Waals surface area contributed by atoms with Gasteiger partial charge in [0.1, 0.15) is 5.75 Å². The SMILES string of the molecule is CN(CCCOc1cccc(Cl)c1)C(=O)C1CC=CC1. The van der Waals surface area contributed by atoms with Crippen LogP contribution in [0.4, 0.5) is 0 Å². The lowest BCUT2D eigenvalue weighted by Crippen LogP contribution is -2.33. The predicted molar refractivity (Wildman–Crippen MR) is 81.1 cm³/mol. The number of amides is 1. The molecule has 0 radical (unpaired) electrons. The van der Waals surface area contributed by atoms with Crippen LogP contribution < -0.4 is 4.74 Å². The number of halogens is 1. The minimum atomic E-state index is 0.147. The Morgan fingerprint density at radius 1 is 1.40 bits per heavy atom. The number of allylic oxidation sites excluding steroid dienone is 2. The minimum absolute atomic E-state index is 0.147. The number of carbonyl (C=O) groups excluding carboxylic acids is 1. The number of hydrogen-bond donors (Lipinski definition) is 0. The van der Waals surface area contributed by atoms with E-state index in [1.165, 1.54) is 0 Å². The van der Waals surface area contributed by atoms with Crippen molar-refractivity contribution in [2.24, 2.45) is 5.92 Å². The van der Waals surface area contributed by atoms with Crippen molar-refractivity contribution in [2.75, 3.05) is 20.2 Å². The van der Waals surface area contributed by atoms with Crippen LogP contribution in [0.5, 0.6) is 5.75 Å². The molecule has 1 aromatic rings. The van der Waals surface area contributed by atoms with Gasteiger partial charge in [-0.15, -0.1) is 0 Å². The van der Waals surface area contributed by atoms with Gasteiger partial charge in [0.2, 0.25) is 5.91 Å². The third-order valence-corrected chi connectivity index (χ3v) is 3.67. The van der Waals surface area contributed by atoms with Gasteiger partial charge in [0.05, 0.1) is 6.61 Å². The van der Waals surface area contributed by atoms with Gasteiger partial charge in [-0.05, 0) is 37.5 Å². The summed E-state index contributed by atoms with van der Waals surface area (Å²) >= 11 is 5.88. The van der Waals surface area contributed by atoms with Crippen LogP contribution in [0, 0.1) is 5.92 Å². The third-order valence-electron chi connectivity index (χ3n) is 3.44. The summed E-state index contributed by atoms with van der Waals surface area (Å²) in [6.07, 6.45) is 6.73. The number of nitrogens with zero attached hydrogens (tertiary/aromatic N) is 1. The monoisotopic (exact) mass is 293 g/mol. The molecule has 1 aromatic carbocycles. The normalized spacial score (nSPS) is 14.5. The number of hydrogen-bond acceptors (Lipinski definition) is 2. The Labute approximate surface area is 125 Å². The lowest BCUT2D eigenvalue weighted by molar-refractivity contribution is -0.133. The van der Waals surface area contributed by atoms with E-state index in [0.717, 1.165) is 31.6 Å². The van der Waals surface area contributed by atoms with Gasteiger partial charge in [-0.1, -0.05) is 29.8 Å². The van der Waals surface area contributed by atoms with E-state index in [0.29, 0.717) is 11.6 Å². The van der Waals surface area contributed by atoms with Crippen molar-refractivity contribution < 1.29 is 9.53 Å². The lowest BCUT2D eigenvalue weighted by Gasteiger charge is -2.21. The number of rotatable bonds is 6. The molecule has 20 heavy (non-hydrogen) atoms. The van der Waals surface area contributed by atoms with Gasteiger partial charge in [0.25, 0.3) is 0 Å². The maximum absolute atomic E-state index is 12.1. The van der Waals surface area contributed by atoms with E-state index in [2.05, 4.69) is 12.2 Å². The molecule has 4 heteroatoms. The first-order valence-electron chi connectivity index (χ1n) is 6.95. The van der Waals surface area contributed by atoms with Gasteiger partial charge in [-0.25, -0.2) is 0 Å². The Hall–Kier alpha value is -1.48. The summed E-state index contributed by atoms with van der Waals surface area (Å²) in [5.41, 5.74) is 0. The molecule has 0 unspecified atom stereocenters. The van der Waals surface area contributed by atoms with Crippen LogP contribution in [0.25, 0.3) is 0 Å². The second-order valence-corrected chi connectivity index (χ2v) is 5.50. The molecular weight excluding hydrogens is 274 g/mol. The number of benzene rings is 1. The quantitative estimate of drug-likeness (QED) is 0.593. The van der Waals surface area contributed by atoms with Gasteiger partial charge >= 0.3 is 0 Å². The minimum Gasteiger partial charge on any atom is -0.493 e. The van der Waals surface area contributed by atoms with Gasteiger partial charge in [0.15, 0.2) is 0 Å². The number of ether oxygens (including phenoxy) is 1. The smallest absolute Gasteiger partial charge is 0.226 e. The van der Waals surface area contributed by atoms with Crippen molar-refractivity contribution in [2.45, 2.75) is 19.3 Å². The highest BCUT2D eigenvalue weighted by Gasteiger charge is 2.22. The highest BCUT2D eigenvalue weighted by Crippen LogP contribution is 2.20. The molecule has 0 spiro atoms. The lowest BCUT2D eigenvalue weighted by atomic mass is 10.1. The molecule has 2 rings (SSSR count). The third kappa shape index (κ3) is 4.27. The molecule has 0 fully saturated rings. The maximum atomic E-state index is 12.1. The van der Waals surface area contributed by atoms with Crippen LogP contribution in [0.2, 0.25) is 5.02 Å². The highest BCUT2D eigenvalue weighted by atomic mass is 35.5. The van der Waals surface area contributed by atoms with E-state index in [9.17, 15) is 4.79 Å². The fourth-order valence-corrected chi connectivity index (χ4v) is 2.47. The standard InChI is InChI=1S/C16H20ClNO2/c1-18(16(19)13-6-2-3-7-13)10-5-11-20-15-9-4-8-14(17)12-15/h2-4,8-9,12-13H,5-7,10-11H2,1H3. The van der Waals surface area contributed by atoms with Gasteiger partial charge < -0.3 is 9.64 Å². The molecule has 0 N–H and O–H groups in total. The molecule has 0 aliphatic heterocycles. The molecule has 3 nitrogen and oxygen atoms in total. The molecule has 0 aromatic heterocycles. The van der Waals surface area contributed by atoms with Crippen molar-refractivity contribution in [1.29, 1.82) is 0 Å². The Morgan fingerprint density at radius 2 is 2.15 bits per heavy atom. The van der Waals surface area contributed by atoms with Crippen molar-refractivity contribution in [3.8, 4) is 5.75 Å². The summed E-state index contributed by atoms with van der Waals surface area (Å²) in [5, 5.41) is 0.670. The van der Waals surface area contributed by atoms with Crippen molar-refractivity contribution in [3.63, 3.8) is 0 Å². The van der Waals surface area contributed by atoms with E-state index in [4.69, 9.17) is 16.3 Å². The van der Waals surface area contributed by atoms with Crippen molar-refractivity contribution in [1.82, 2.24) is 4.90 Å². The Morgan fingerprint density at radius 3 is 2.85 bits per heavy atom. The van der Waals surface area contributed by atoms with Gasteiger partial charge in [-0.3, -0.25) is 4.79 Å². The zero-order chi connectivity index (χ0) is 14.4. The summed E-state index contributed by atoms with van der Waals surface area (Å²) in [4.78, 5) is 13.9.